The Morgan fingerprint density at radius 3 is 2.62 bits per heavy atom. The normalized spacial score (nSPS) is 20.2. The van der Waals surface area contributed by atoms with E-state index in [1.54, 1.807) is 44.2 Å². The molecule has 2 unspecified atom stereocenters. The van der Waals surface area contributed by atoms with Gasteiger partial charge in [-0.3, -0.25) is 19.3 Å². The molecule has 3 amide bonds. The van der Waals surface area contributed by atoms with E-state index in [1.807, 2.05) is 20.8 Å². The van der Waals surface area contributed by atoms with Crippen LogP contribution in [-0.4, -0.2) is 79.9 Å². The molecule has 2 atom stereocenters. The largest absolute Gasteiger partial charge is 0.474 e. The van der Waals surface area contributed by atoms with Crippen molar-refractivity contribution in [2.24, 2.45) is 5.41 Å². The Hall–Kier alpha value is -4.13. The van der Waals surface area contributed by atoms with Gasteiger partial charge >= 0.3 is 12.1 Å². The summed E-state index contributed by atoms with van der Waals surface area (Å²) in [6, 6.07) is 6.70. The van der Waals surface area contributed by atoms with E-state index in [0.29, 0.717) is 42.1 Å². The third-order valence-electron chi connectivity index (χ3n) is 6.91. The van der Waals surface area contributed by atoms with Crippen molar-refractivity contribution in [2.45, 2.75) is 59.6 Å². The fourth-order valence-electron chi connectivity index (χ4n) is 4.79. The van der Waals surface area contributed by atoms with E-state index in [-0.39, 0.29) is 35.0 Å². The van der Waals surface area contributed by atoms with Crippen LogP contribution in [0.25, 0.3) is 6.08 Å². The van der Waals surface area contributed by atoms with Crippen LogP contribution in [0.3, 0.4) is 0 Å². The van der Waals surface area contributed by atoms with Gasteiger partial charge in [0.1, 0.15) is 24.7 Å². The number of piperidine rings is 1. The lowest BCUT2D eigenvalue weighted by molar-refractivity contribution is -0.145. The van der Waals surface area contributed by atoms with Crippen LogP contribution in [-0.2, 0) is 14.3 Å². The molecule has 12 nitrogen and oxygen atoms in total. The molecule has 2 aliphatic rings. The van der Waals surface area contributed by atoms with Crippen LogP contribution in [0.15, 0.2) is 35.5 Å². The number of hydrogen-bond acceptors (Lipinski definition) is 10. The minimum Gasteiger partial charge on any atom is -0.474 e. The van der Waals surface area contributed by atoms with Gasteiger partial charge in [0.2, 0.25) is 11.8 Å². The van der Waals surface area contributed by atoms with Gasteiger partial charge in [0.05, 0.1) is 17.1 Å². The van der Waals surface area contributed by atoms with Crippen LogP contribution in [0.5, 0.6) is 17.5 Å². The lowest BCUT2D eigenvalue weighted by atomic mass is 9.80. The van der Waals surface area contributed by atoms with Gasteiger partial charge in [-0.1, -0.05) is 32.9 Å². The van der Waals surface area contributed by atoms with E-state index in [9.17, 15) is 24.3 Å². The fourth-order valence-corrected chi connectivity index (χ4v) is 5.63. The van der Waals surface area contributed by atoms with Crippen LogP contribution in [0.4, 0.5) is 9.59 Å². The Kier molecular flexibility index (Phi) is 9.40. The molecule has 224 valence electrons. The Balaban J connectivity index is 1.46. The molecule has 1 N–H and O–H groups in total. The summed E-state index contributed by atoms with van der Waals surface area (Å²) in [4.78, 5) is 59.6. The predicted molar refractivity (Wildman–Crippen MR) is 154 cm³/mol. The van der Waals surface area contributed by atoms with Crippen molar-refractivity contribution in [3.05, 3.63) is 46.6 Å². The molecule has 2 saturated heterocycles. The monoisotopic (exact) mass is 598 g/mol. The summed E-state index contributed by atoms with van der Waals surface area (Å²) in [6.07, 6.45) is 2.80. The molecule has 1 aromatic heterocycles. The molecule has 0 bridgehead atoms. The van der Waals surface area contributed by atoms with E-state index in [2.05, 4.69) is 9.97 Å². The molecule has 3 heterocycles. The van der Waals surface area contributed by atoms with Crippen molar-refractivity contribution in [3.8, 4) is 17.5 Å². The highest BCUT2D eigenvalue weighted by atomic mass is 32.2. The van der Waals surface area contributed by atoms with E-state index in [0.717, 1.165) is 16.7 Å². The zero-order valence-electron chi connectivity index (χ0n) is 24.2. The lowest BCUT2D eigenvalue weighted by Crippen LogP contribution is -2.53. The quantitative estimate of drug-likeness (QED) is 0.319. The molecule has 0 radical (unpaired) electrons. The van der Waals surface area contributed by atoms with Crippen molar-refractivity contribution < 1.29 is 38.5 Å². The molecule has 2 aromatic rings. The van der Waals surface area contributed by atoms with Gasteiger partial charge in [0.25, 0.3) is 11.1 Å². The van der Waals surface area contributed by atoms with Gasteiger partial charge in [-0.15, -0.1) is 0 Å². The van der Waals surface area contributed by atoms with Gasteiger partial charge in [0, 0.05) is 25.4 Å². The average Bonchev–Trinajstić information content (AvgIpc) is 3.18. The van der Waals surface area contributed by atoms with Crippen molar-refractivity contribution in [2.75, 3.05) is 19.7 Å². The highest BCUT2D eigenvalue weighted by Crippen LogP contribution is 2.36. The predicted octanol–water partition coefficient (Wildman–Crippen LogP) is 5.11. The van der Waals surface area contributed by atoms with Crippen molar-refractivity contribution in [1.82, 2.24) is 19.8 Å². The number of rotatable bonds is 8. The second-order valence-electron chi connectivity index (χ2n) is 11.0. The Morgan fingerprint density at radius 1 is 1.19 bits per heavy atom. The first-order valence-corrected chi connectivity index (χ1v) is 14.4. The first kappa shape index (κ1) is 30.8. The lowest BCUT2D eigenvalue weighted by Gasteiger charge is -2.44. The number of carbonyl (C=O) groups is 4. The van der Waals surface area contributed by atoms with Crippen molar-refractivity contribution in [1.29, 1.82) is 0 Å². The first-order valence-electron chi connectivity index (χ1n) is 13.5. The van der Waals surface area contributed by atoms with Crippen molar-refractivity contribution >= 4 is 41.0 Å². The minimum absolute atomic E-state index is 0.154. The number of imide groups is 1. The third-order valence-corrected chi connectivity index (χ3v) is 7.81. The van der Waals surface area contributed by atoms with Crippen molar-refractivity contribution in [3.63, 3.8) is 0 Å². The molecule has 0 aliphatic carbocycles. The summed E-state index contributed by atoms with van der Waals surface area (Å²) >= 11 is 0.748. The number of thioether (sulfide) groups is 1. The van der Waals surface area contributed by atoms with E-state index >= 15 is 0 Å². The Bertz CT molecular complexity index is 1410. The summed E-state index contributed by atoms with van der Waals surface area (Å²) in [5.41, 5.74) is 0.927. The SMILES string of the molecule is CCOC(=O)CN1C(=O)SC(=Cc2cccc(Oc3ncnc(OC4CCN(C(=O)O)C(C(C)(C)C)C4)c3C)c2)C1=O. The number of nitrogens with zero attached hydrogens (tertiary/aromatic N) is 4. The smallest absolute Gasteiger partial charge is 0.407 e. The van der Waals surface area contributed by atoms with E-state index < -0.39 is 29.8 Å². The zero-order valence-corrected chi connectivity index (χ0v) is 25.0. The molecular formula is C29H34N4O8S. The summed E-state index contributed by atoms with van der Waals surface area (Å²) in [6.45, 7) is 9.55. The molecule has 0 spiro atoms. The van der Waals surface area contributed by atoms with Crippen LogP contribution >= 0.6 is 11.8 Å². The van der Waals surface area contributed by atoms with E-state index in [4.69, 9.17) is 14.2 Å². The second kappa shape index (κ2) is 12.8. The van der Waals surface area contributed by atoms with Gasteiger partial charge in [-0.25, -0.2) is 14.8 Å². The van der Waals surface area contributed by atoms with Gasteiger partial charge < -0.3 is 24.2 Å². The number of amides is 3. The molecular weight excluding hydrogens is 564 g/mol. The number of benzene rings is 1. The first-order chi connectivity index (χ1) is 19.9. The molecule has 13 heteroatoms. The van der Waals surface area contributed by atoms with Crippen LogP contribution in [0.1, 0.15) is 51.7 Å². The third kappa shape index (κ3) is 7.19. The fraction of sp³-hybridized carbons (Fsp3) is 0.448. The average molecular weight is 599 g/mol. The molecule has 1 aromatic carbocycles. The molecule has 42 heavy (non-hydrogen) atoms. The molecule has 0 saturated carbocycles. The summed E-state index contributed by atoms with van der Waals surface area (Å²) in [5.74, 6) is -0.152. The number of likely N-dealkylation sites (tertiary alicyclic amines) is 1. The highest BCUT2D eigenvalue weighted by molar-refractivity contribution is 8.18. The maximum absolute atomic E-state index is 12.7. The molecule has 4 rings (SSSR count). The number of aromatic nitrogens is 2. The summed E-state index contributed by atoms with van der Waals surface area (Å²) < 4.78 is 17.1. The second-order valence-corrected chi connectivity index (χ2v) is 12.0. The highest BCUT2D eigenvalue weighted by Gasteiger charge is 2.40. The maximum atomic E-state index is 12.7. The number of carboxylic acid groups (broad SMARTS) is 1. The van der Waals surface area contributed by atoms with E-state index in [1.165, 1.54) is 11.2 Å². The summed E-state index contributed by atoms with van der Waals surface area (Å²) in [7, 11) is 0. The van der Waals surface area contributed by atoms with Gasteiger partial charge in [0.15, 0.2) is 0 Å². The summed E-state index contributed by atoms with van der Waals surface area (Å²) in [5, 5.41) is 9.10. The number of ether oxygens (including phenoxy) is 3. The Labute approximate surface area is 248 Å². The Morgan fingerprint density at radius 2 is 1.93 bits per heavy atom. The zero-order chi connectivity index (χ0) is 30.6. The number of carbonyl (C=O) groups excluding carboxylic acids is 3. The van der Waals surface area contributed by atoms with Crippen LogP contribution in [0, 0.1) is 12.3 Å². The van der Waals surface area contributed by atoms with Crippen LogP contribution in [0.2, 0.25) is 0 Å². The topological polar surface area (TPSA) is 148 Å². The standard InChI is InChI=1S/C29H34N4O8S/c1-6-39-23(34)15-33-26(35)21(42-28(33)38)13-18-8-7-9-19(12-18)40-24-17(2)25(31-16-30-24)41-20-10-11-32(27(36)37)22(14-20)29(3,4)5/h7-9,12-13,16,20,22H,6,10-11,14-15H2,1-5H3,(H,36,37). The number of hydrogen-bond donors (Lipinski definition) is 1. The molecule has 2 aliphatic heterocycles. The van der Waals surface area contributed by atoms with Crippen LogP contribution < -0.4 is 9.47 Å². The number of esters is 1. The van der Waals surface area contributed by atoms with Gasteiger partial charge in [-0.2, -0.15) is 0 Å². The van der Waals surface area contributed by atoms with Gasteiger partial charge in [-0.05, 0) is 54.8 Å². The molecule has 2 fully saturated rings. The minimum atomic E-state index is -0.934. The maximum Gasteiger partial charge on any atom is 0.407 e.